The van der Waals surface area contributed by atoms with Gasteiger partial charge in [0.15, 0.2) is 16.6 Å². The van der Waals surface area contributed by atoms with Gasteiger partial charge in [-0.1, -0.05) is 26.0 Å². The van der Waals surface area contributed by atoms with Crippen molar-refractivity contribution >= 4 is 28.4 Å². The monoisotopic (exact) mass is 412 g/mol. The highest BCUT2D eigenvalue weighted by Gasteiger charge is 2.32. The standard InChI is InChI=1S/C20H40N2O3Si2/c1-17(2)19(23)21-13-9-11-15-26(5,6)25-27(7,8)16-12-10-14-22-20(24)18(3)4/h1,3,9-16H2,2,4-8H3,(H,21,23)(H,22,24). The van der Waals surface area contributed by atoms with Gasteiger partial charge in [-0.3, -0.25) is 9.59 Å². The van der Waals surface area contributed by atoms with Crippen molar-refractivity contribution in [2.75, 3.05) is 13.1 Å². The molecule has 0 saturated heterocycles. The second-order valence-electron chi connectivity index (χ2n) is 8.61. The summed E-state index contributed by atoms with van der Waals surface area (Å²) in [6.45, 7) is 21.3. The molecule has 0 rings (SSSR count). The summed E-state index contributed by atoms with van der Waals surface area (Å²) in [7, 11) is -3.38. The van der Waals surface area contributed by atoms with Gasteiger partial charge < -0.3 is 14.7 Å². The molecule has 0 bridgehead atoms. The summed E-state index contributed by atoms with van der Waals surface area (Å²) in [5, 5.41) is 5.76. The third kappa shape index (κ3) is 13.6. The molecular formula is C20H40N2O3Si2. The Morgan fingerprint density at radius 1 is 0.741 bits per heavy atom. The molecule has 0 saturated carbocycles. The lowest BCUT2D eigenvalue weighted by atomic mass is 10.3. The Morgan fingerprint density at radius 3 is 1.37 bits per heavy atom. The predicted octanol–water partition coefficient (Wildman–Crippen LogP) is 4.36. The summed E-state index contributed by atoms with van der Waals surface area (Å²) in [4.78, 5) is 22.9. The Bertz CT molecular complexity index is 485. The zero-order valence-corrected chi connectivity index (χ0v) is 20.3. The van der Waals surface area contributed by atoms with E-state index in [-0.39, 0.29) is 11.8 Å². The second-order valence-corrected chi connectivity index (χ2v) is 17.5. The van der Waals surface area contributed by atoms with Crippen LogP contribution in [0, 0.1) is 0 Å². The molecule has 0 atom stereocenters. The van der Waals surface area contributed by atoms with Crippen LogP contribution in [-0.4, -0.2) is 41.5 Å². The largest absolute Gasteiger partial charge is 0.455 e. The Balaban J connectivity index is 4.03. The molecule has 0 heterocycles. The van der Waals surface area contributed by atoms with E-state index in [0.717, 1.165) is 37.8 Å². The predicted molar refractivity (Wildman–Crippen MR) is 120 cm³/mol. The molecule has 156 valence electrons. The molecule has 0 spiro atoms. The van der Waals surface area contributed by atoms with Crippen molar-refractivity contribution < 1.29 is 13.7 Å². The third-order valence-electron chi connectivity index (χ3n) is 4.31. The van der Waals surface area contributed by atoms with Gasteiger partial charge in [-0.05, 0) is 65.0 Å². The van der Waals surface area contributed by atoms with Crippen molar-refractivity contribution in [1.82, 2.24) is 10.6 Å². The molecule has 2 N–H and O–H groups in total. The van der Waals surface area contributed by atoms with Crippen LogP contribution < -0.4 is 10.6 Å². The molecule has 0 unspecified atom stereocenters. The molecule has 0 radical (unpaired) electrons. The van der Waals surface area contributed by atoms with Crippen LogP contribution in [0.2, 0.25) is 38.3 Å². The molecule has 7 heteroatoms. The number of unbranched alkanes of at least 4 members (excludes halogenated alkanes) is 2. The van der Waals surface area contributed by atoms with Crippen molar-refractivity contribution in [1.29, 1.82) is 0 Å². The van der Waals surface area contributed by atoms with Crippen LogP contribution in [0.1, 0.15) is 39.5 Å². The fourth-order valence-corrected chi connectivity index (χ4v) is 11.9. The van der Waals surface area contributed by atoms with E-state index in [4.69, 9.17) is 4.12 Å². The highest BCUT2D eigenvalue weighted by Crippen LogP contribution is 2.24. The van der Waals surface area contributed by atoms with Crippen molar-refractivity contribution in [3.63, 3.8) is 0 Å². The van der Waals surface area contributed by atoms with Crippen LogP contribution in [0.15, 0.2) is 24.3 Å². The summed E-state index contributed by atoms with van der Waals surface area (Å²) >= 11 is 0. The maximum Gasteiger partial charge on any atom is 0.246 e. The van der Waals surface area contributed by atoms with Crippen molar-refractivity contribution in [3.05, 3.63) is 24.3 Å². The van der Waals surface area contributed by atoms with E-state index in [9.17, 15) is 9.59 Å². The molecule has 0 aliphatic carbocycles. The molecular weight excluding hydrogens is 372 g/mol. The summed E-state index contributed by atoms with van der Waals surface area (Å²) < 4.78 is 6.63. The summed E-state index contributed by atoms with van der Waals surface area (Å²) in [5.74, 6) is -0.119. The zero-order chi connectivity index (χ0) is 21.1. The first-order chi connectivity index (χ1) is 12.4. The molecule has 5 nitrogen and oxygen atoms in total. The summed E-state index contributed by atoms with van der Waals surface area (Å²) in [6.07, 6.45) is 4.10. The number of hydrogen-bond donors (Lipinski definition) is 2. The van der Waals surface area contributed by atoms with Gasteiger partial charge in [0.05, 0.1) is 0 Å². The highest BCUT2D eigenvalue weighted by molar-refractivity contribution is 6.84. The average molecular weight is 413 g/mol. The van der Waals surface area contributed by atoms with Crippen molar-refractivity contribution in [2.24, 2.45) is 0 Å². The van der Waals surface area contributed by atoms with Crippen LogP contribution in [-0.2, 0) is 13.7 Å². The van der Waals surface area contributed by atoms with E-state index in [1.165, 1.54) is 0 Å². The lowest BCUT2D eigenvalue weighted by molar-refractivity contribution is -0.118. The molecule has 0 fully saturated rings. The van der Waals surface area contributed by atoms with Crippen LogP contribution in [0.3, 0.4) is 0 Å². The normalized spacial score (nSPS) is 11.8. The maximum absolute atomic E-state index is 11.5. The van der Waals surface area contributed by atoms with Crippen molar-refractivity contribution in [2.45, 2.75) is 77.8 Å². The Kier molecular flexibility index (Phi) is 11.8. The van der Waals surface area contributed by atoms with E-state index >= 15 is 0 Å². The first-order valence-corrected chi connectivity index (χ1v) is 16.2. The minimum absolute atomic E-state index is 0.0595. The number of rotatable bonds is 14. The Morgan fingerprint density at radius 2 is 1.07 bits per heavy atom. The number of nitrogens with one attached hydrogen (secondary N) is 2. The fraction of sp³-hybridized carbons (Fsp3) is 0.700. The maximum atomic E-state index is 11.5. The molecule has 27 heavy (non-hydrogen) atoms. The molecule has 0 aliphatic rings. The van der Waals surface area contributed by atoms with Gasteiger partial charge >= 0.3 is 0 Å². The molecule has 0 aliphatic heterocycles. The first-order valence-electron chi connectivity index (χ1n) is 9.94. The van der Waals surface area contributed by atoms with E-state index in [2.05, 4.69) is 50.0 Å². The van der Waals surface area contributed by atoms with Crippen LogP contribution >= 0.6 is 0 Å². The lowest BCUT2D eigenvalue weighted by Crippen LogP contribution is -2.44. The number of carbonyl (C=O) groups is 2. The number of amides is 2. The van der Waals surface area contributed by atoms with E-state index < -0.39 is 16.6 Å². The lowest BCUT2D eigenvalue weighted by Gasteiger charge is -2.34. The Hall–Kier alpha value is -1.19. The zero-order valence-electron chi connectivity index (χ0n) is 18.3. The van der Waals surface area contributed by atoms with Gasteiger partial charge in [-0.25, -0.2) is 0 Å². The number of hydrogen-bond acceptors (Lipinski definition) is 3. The minimum Gasteiger partial charge on any atom is -0.455 e. The molecule has 0 aromatic carbocycles. The van der Waals surface area contributed by atoms with Crippen LogP contribution in [0.25, 0.3) is 0 Å². The molecule has 0 aromatic heterocycles. The first kappa shape index (κ1) is 25.8. The van der Waals surface area contributed by atoms with Crippen LogP contribution in [0.5, 0.6) is 0 Å². The van der Waals surface area contributed by atoms with Crippen LogP contribution in [0.4, 0.5) is 0 Å². The Labute approximate surface area is 168 Å². The van der Waals surface area contributed by atoms with E-state index in [0.29, 0.717) is 24.2 Å². The topological polar surface area (TPSA) is 67.4 Å². The van der Waals surface area contributed by atoms with Gasteiger partial charge in [-0.2, -0.15) is 0 Å². The summed E-state index contributed by atoms with van der Waals surface area (Å²) in [5.41, 5.74) is 1.11. The van der Waals surface area contributed by atoms with E-state index in [1.807, 2.05) is 0 Å². The number of carbonyl (C=O) groups excluding carboxylic acids is 2. The minimum atomic E-state index is -1.69. The smallest absolute Gasteiger partial charge is 0.246 e. The second kappa shape index (κ2) is 12.3. The van der Waals surface area contributed by atoms with Gasteiger partial charge in [0.1, 0.15) is 0 Å². The van der Waals surface area contributed by atoms with Gasteiger partial charge in [0, 0.05) is 24.2 Å². The average Bonchev–Trinajstić information content (AvgIpc) is 2.52. The molecule has 0 aromatic rings. The van der Waals surface area contributed by atoms with Gasteiger partial charge in [0.2, 0.25) is 11.8 Å². The third-order valence-corrected chi connectivity index (χ3v) is 11.8. The fourth-order valence-electron chi connectivity index (χ4n) is 2.91. The van der Waals surface area contributed by atoms with Crippen molar-refractivity contribution in [3.8, 4) is 0 Å². The van der Waals surface area contributed by atoms with Gasteiger partial charge in [-0.15, -0.1) is 0 Å². The van der Waals surface area contributed by atoms with E-state index in [1.54, 1.807) is 13.8 Å². The van der Waals surface area contributed by atoms with Gasteiger partial charge in [0.25, 0.3) is 0 Å². The summed E-state index contributed by atoms with van der Waals surface area (Å²) in [6, 6.07) is 2.22. The SMILES string of the molecule is C=C(C)C(=O)NCCCC[Si](C)(C)O[Si](C)(C)CCCCNC(=O)C(=C)C. The molecule has 2 amide bonds. The quantitative estimate of drug-likeness (QED) is 0.253. The highest BCUT2D eigenvalue weighted by atomic mass is 28.4.